The molecule has 0 bridgehead atoms. The van der Waals surface area contributed by atoms with E-state index in [1.165, 1.54) is 35.9 Å². The number of thiazole rings is 1. The first-order valence-electron chi connectivity index (χ1n) is 9.12. The number of carboxylic acid groups (broad SMARTS) is 1. The molecule has 9 heteroatoms. The second-order valence-electron chi connectivity index (χ2n) is 7.89. The molecule has 0 aliphatic carbocycles. The van der Waals surface area contributed by atoms with Crippen molar-refractivity contribution >= 4 is 28.3 Å². The van der Waals surface area contributed by atoms with Gasteiger partial charge in [-0.25, -0.2) is 14.5 Å². The first kappa shape index (κ1) is 20.3. The van der Waals surface area contributed by atoms with Gasteiger partial charge in [-0.1, -0.05) is 11.3 Å². The fraction of sp³-hybridized carbons (Fsp3) is 0.474. The Morgan fingerprint density at radius 1 is 1.25 bits per heavy atom. The third-order valence-electron chi connectivity index (χ3n) is 5.36. The zero-order valence-electron chi connectivity index (χ0n) is 16.2. The van der Waals surface area contributed by atoms with Gasteiger partial charge in [0.2, 0.25) is 11.7 Å². The molecule has 7 nitrogen and oxygen atoms in total. The molecule has 0 spiro atoms. The van der Waals surface area contributed by atoms with E-state index in [0.29, 0.717) is 42.6 Å². The lowest BCUT2D eigenvalue weighted by Crippen LogP contribution is -2.64. The van der Waals surface area contributed by atoms with E-state index in [2.05, 4.69) is 9.97 Å². The van der Waals surface area contributed by atoms with Gasteiger partial charge in [-0.05, 0) is 32.9 Å². The summed E-state index contributed by atoms with van der Waals surface area (Å²) >= 11 is 1.19. The number of quaternary nitrogens is 1. The molecule has 3 rings (SSSR count). The van der Waals surface area contributed by atoms with Gasteiger partial charge in [0.15, 0.2) is 5.13 Å². The average Bonchev–Trinajstić information content (AvgIpc) is 2.99. The Morgan fingerprint density at radius 3 is 2.64 bits per heavy atom. The van der Waals surface area contributed by atoms with Gasteiger partial charge in [0.05, 0.1) is 29.7 Å². The van der Waals surface area contributed by atoms with Gasteiger partial charge in [0, 0.05) is 19.2 Å². The fourth-order valence-corrected chi connectivity index (χ4v) is 4.51. The molecule has 1 atom stereocenters. The van der Waals surface area contributed by atoms with Crippen molar-refractivity contribution in [3.05, 3.63) is 40.9 Å². The van der Waals surface area contributed by atoms with Gasteiger partial charge in [-0.3, -0.25) is 4.79 Å². The van der Waals surface area contributed by atoms with Crippen molar-refractivity contribution < 1.29 is 23.6 Å². The monoisotopic (exact) mass is 407 g/mol. The highest BCUT2D eigenvalue weighted by Crippen LogP contribution is 2.31. The van der Waals surface area contributed by atoms with Crippen LogP contribution in [0.15, 0.2) is 24.5 Å². The SMILES string of the molecule is CC(C)(C)[N+]1(C(=O)O)CCCN(c2ncc(C(=O)c3cccnc3F)s2)CC1. The zero-order valence-corrected chi connectivity index (χ0v) is 17.0. The molecular formula is C19H24FN4O3S+. The van der Waals surface area contributed by atoms with Crippen molar-refractivity contribution in [1.82, 2.24) is 9.97 Å². The van der Waals surface area contributed by atoms with Crippen LogP contribution in [0, 0.1) is 5.95 Å². The van der Waals surface area contributed by atoms with Crippen molar-refractivity contribution in [3.63, 3.8) is 0 Å². The van der Waals surface area contributed by atoms with Gasteiger partial charge in [-0.2, -0.15) is 9.18 Å². The maximum Gasteiger partial charge on any atom is 0.514 e. The topological polar surface area (TPSA) is 83.4 Å². The van der Waals surface area contributed by atoms with Gasteiger partial charge in [0.25, 0.3) is 0 Å². The minimum absolute atomic E-state index is 0.0123. The number of hydrogen-bond acceptors (Lipinski definition) is 6. The molecule has 2 aromatic rings. The van der Waals surface area contributed by atoms with E-state index in [1.807, 2.05) is 25.7 Å². The quantitative estimate of drug-likeness (QED) is 0.477. The second kappa shape index (κ2) is 7.56. The Hall–Kier alpha value is -2.39. The van der Waals surface area contributed by atoms with E-state index in [4.69, 9.17) is 0 Å². The summed E-state index contributed by atoms with van der Waals surface area (Å²) in [6.07, 6.45) is 2.62. The van der Waals surface area contributed by atoms with E-state index in [9.17, 15) is 19.1 Å². The smallest absolute Gasteiger partial charge is 0.435 e. The van der Waals surface area contributed by atoms with E-state index >= 15 is 0 Å². The van der Waals surface area contributed by atoms with Crippen LogP contribution in [-0.4, -0.2) is 63.2 Å². The molecule has 1 fully saturated rings. The predicted octanol–water partition coefficient (Wildman–Crippen LogP) is 3.41. The number of nitrogens with zero attached hydrogens (tertiary/aromatic N) is 4. The van der Waals surface area contributed by atoms with E-state index in [1.54, 1.807) is 0 Å². The van der Waals surface area contributed by atoms with E-state index in [-0.39, 0.29) is 10.0 Å². The molecule has 2 aromatic heterocycles. The molecule has 1 aliphatic heterocycles. The van der Waals surface area contributed by atoms with Crippen molar-refractivity contribution in [1.29, 1.82) is 0 Å². The summed E-state index contributed by atoms with van der Waals surface area (Å²) in [5, 5.41) is 10.5. The van der Waals surface area contributed by atoms with Crippen LogP contribution >= 0.6 is 11.3 Å². The third-order valence-corrected chi connectivity index (χ3v) is 6.42. The molecular weight excluding hydrogens is 383 g/mol. The molecule has 0 aromatic carbocycles. The van der Waals surface area contributed by atoms with Crippen LogP contribution in [0.25, 0.3) is 0 Å². The van der Waals surface area contributed by atoms with Gasteiger partial charge in [0.1, 0.15) is 12.1 Å². The maximum atomic E-state index is 13.8. The molecule has 150 valence electrons. The molecule has 3 heterocycles. The standard InChI is InChI=1S/C19H23FN4O3S/c1-19(2,3)24(18(26)27)10-5-8-23(9-11-24)17-22-12-14(28-17)15(25)13-6-4-7-21-16(13)20/h4,6-7,12H,5,8-11H2,1-3H3/p+1. The summed E-state index contributed by atoms with van der Waals surface area (Å²) in [6.45, 7) is 7.99. The maximum absolute atomic E-state index is 13.8. The largest absolute Gasteiger partial charge is 0.514 e. The van der Waals surface area contributed by atoms with Crippen LogP contribution in [0.2, 0.25) is 0 Å². The van der Waals surface area contributed by atoms with Crippen molar-refractivity contribution in [3.8, 4) is 0 Å². The first-order chi connectivity index (χ1) is 13.2. The number of amides is 1. The number of hydrogen-bond donors (Lipinski definition) is 1. The highest BCUT2D eigenvalue weighted by atomic mass is 32.1. The summed E-state index contributed by atoms with van der Waals surface area (Å²) in [5.74, 6) is -1.25. The lowest BCUT2D eigenvalue weighted by Gasteiger charge is -2.42. The summed E-state index contributed by atoms with van der Waals surface area (Å²) < 4.78 is 13.8. The lowest BCUT2D eigenvalue weighted by atomic mass is 10.0. The fourth-order valence-electron chi connectivity index (χ4n) is 3.59. The normalized spacial score (nSPS) is 20.6. The van der Waals surface area contributed by atoms with Crippen molar-refractivity contribution in [2.24, 2.45) is 0 Å². The van der Waals surface area contributed by atoms with Gasteiger partial charge in [-0.15, -0.1) is 0 Å². The Morgan fingerprint density at radius 2 is 2.00 bits per heavy atom. The number of pyridine rings is 1. The molecule has 0 saturated carbocycles. The first-order valence-corrected chi connectivity index (χ1v) is 9.94. The van der Waals surface area contributed by atoms with Crippen LogP contribution in [0.4, 0.5) is 14.3 Å². The molecule has 1 unspecified atom stereocenters. The summed E-state index contributed by atoms with van der Waals surface area (Å²) in [5.41, 5.74) is -0.508. The number of carbonyl (C=O) groups is 2. The Balaban J connectivity index is 1.80. The molecule has 28 heavy (non-hydrogen) atoms. The molecule has 1 amide bonds. The van der Waals surface area contributed by atoms with Gasteiger partial charge >= 0.3 is 6.09 Å². The number of halogens is 1. The highest BCUT2D eigenvalue weighted by Gasteiger charge is 2.48. The van der Waals surface area contributed by atoms with Crippen molar-refractivity contribution in [2.45, 2.75) is 32.7 Å². The minimum atomic E-state index is -0.823. The average molecular weight is 407 g/mol. The number of rotatable bonds is 3. The Kier molecular flexibility index (Phi) is 5.49. The van der Waals surface area contributed by atoms with Crippen LogP contribution in [-0.2, 0) is 0 Å². The third kappa shape index (κ3) is 3.64. The minimum Gasteiger partial charge on any atom is -0.435 e. The van der Waals surface area contributed by atoms with Gasteiger partial charge < -0.3 is 10.0 Å². The number of carbonyl (C=O) groups excluding carboxylic acids is 1. The Bertz CT molecular complexity index is 895. The molecule has 1 aliphatic rings. The lowest BCUT2D eigenvalue weighted by molar-refractivity contribution is -0.901. The molecule has 0 radical (unpaired) electrons. The summed E-state index contributed by atoms with van der Waals surface area (Å²) in [6, 6.07) is 2.92. The zero-order chi connectivity index (χ0) is 20.5. The number of ketones is 1. The number of aromatic nitrogens is 2. The summed E-state index contributed by atoms with van der Waals surface area (Å²) in [4.78, 5) is 34.8. The van der Waals surface area contributed by atoms with Crippen LogP contribution < -0.4 is 4.90 Å². The second-order valence-corrected chi connectivity index (χ2v) is 8.90. The van der Waals surface area contributed by atoms with E-state index in [0.717, 1.165) is 0 Å². The van der Waals surface area contributed by atoms with Crippen LogP contribution in [0.5, 0.6) is 0 Å². The van der Waals surface area contributed by atoms with Crippen molar-refractivity contribution in [2.75, 3.05) is 31.1 Å². The predicted molar refractivity (Wildman–Crippen MR) is 104 cm³/mol. The molecule has 1 saturated heterocycles. The summed E-state index contributed by atoms with van der Waals surface area (Å²) in [7, 11) is 0. The van der Waals surface area contributed by atoms with E-state index < -0.39 is 23.4 Å². The van der Waals surface area contributed by atoms with Crippen LogP contribution in [0.1, 0.15) is 42.4 Å². The highest BCUT2D eigenvalue weighted by molar-refractivity contribution is 7.17. The molecule has 1 N–H and O–H groups in total. The van der Waals surface area contributed by atoms with Crippen LogP contribution in [0.3, 0.4) is 0 Å². The Labute approximate surface area is 167 Å². The number of anilines is 1.